The van der Waals surface area contributed by atoms with Gasteiger partial charge in [0.15, 0.2) is 0 Å². The van der Waals surface area contributed by atoms with Crippen LogP contribution in [0.5, 0.6) is 0 Å². The molecule has 45 heavy (non-hydrogen) atoms. The fourth-order valence-electron chi connectivity index (χ4n) is 3.26. The molecule has 0 spiro atoms. The molecular formula is C35H46N2O8. The van der Waals surface area contributed by atoms with Gasteiger partial charge in [0.2, 0.25) is 0 Å². The topological polar surface area (TPSA) is 137 Å². The van der Waals surface area contributed by atoms with Gasteiger partial charge >= 0.3 is 17.9 Å². The van der Waals surface area contributed by atoms with Crippen molar-refractivity contribution in [1.29, 1.82) is 0 Å². The van der Waals surface area contributed by atoms with Crippen LogP contribution in [0.1, 0.15) is 68.2 Å². The number of hydrogen-bond donors (Lipinski definition) is 2. The van der Waals surface area contributed by atoms with Crippen LogP contribution < -0.4 is 10.6 Å². The lowest BCUT2D eigenvalue weighted by Gasteiger charge is -2.15. The lowest BCUT2D eigenvalue weighted by molar-refractivity contribution is -0.143. The van der Waals surface area contributed by atoms with Crippen molar-refractivity contribution in [2.75, 3.05) is 20.8 Å². The third kappa shape index (κ3) is 19.0. The van der Waals surface area contributed by atoms with Gasteiger partial charge in [-0.2, -0.15) is 0 Å². The number of rotatable bonds is 12. The van der Waals surface area contributed by atoms with Gasteiger partial charge in [-0.05, 0) is 64.8 Å². The summed E-state index contributed by atoms with van der Waals surface area (Å²) in [6.45, 7) is 9.40. The summed E-state index contributed by atoms with van der Waals surface area (Å²) >= 11 is 0. The minimum absolute atomic E-state index is 0.233. The Hall–Kier alpha value is -4.99. The van der Waals surface area contributed by atoms with Gasteiger partial charge < -0.3 is 24.8 Å². The Kier molecular flexibility index (Phi) is 21.7. The molecule has 0 saturated carbocycles. The summed E-state index contributed by atoms with van der Waals surface area (Å²) in [4.78, 5) is 57.1. The first-order valence-corrected chi connectivity index (χ1v) is 14.4. The van der Waals surface area contributed by atoms with Gasteiger partial charge in [-0.3, -0.25) is 14.4 Å². The highest BCUT2D eigenvalue weighted by Crippen LogP contribution is 2.05. The Morgan fingerprint density at radius 1 is 0.667 bits per heavy atom. The first kappa shape index (κ1) is 40.0. The molecule has 2 atom stereocenters. The highest BCUT2D eigenvalue weighted by molar-refractivity contribution is 5.97. The lowest BCUT2D eigenvalue weighted by atomic mass is 10.1. The van der Waals surface area contributed by atoms with Gasteiger partial charge in [-0.1, -0.05) is 72.4 Å². The molecule has 10 nitrogen and oxygen atoms in total. The van der Waals surface area contributed by atoms with Crippen LogP contribution in [0, 0.1) is 0 Å². The number of allylic oxidation sites excluding steroid dienone is 3. The van der Waals surface area contributed by atoms with E-state index in [9.17, 15) is 24.0 Å². The van der Waals surface area contributed by atoms with Crippen LogP contribution in [-0.4, -0.2) is 62.6 Å². The van der Waals surface area contributed by atoms with E-state index >= 15 is 0 Å². The van der Waals surface area contributed by atoms with E-state index in [1.165, 1.54) is 21.1 Å². The second kappa shape index (κ2) is 24.5. The van der Waals surface area contributed by atoms with Gasteiger partial charge in [0.25, 0.3) is 11.8 Å². The monoisotopic (exact) mass is 622 g/mol. The van der Waals surface area contributed by atoms with Crippen LogP contribution in [0.4, 0.5) is 0 Å². The molecule has 2 amide bonds. The van der Waals surface area contributed by atoms with Crippen LogP contribution >= 0.6 is 0 Å². The third-order valence-corrected chi connectivity index (χ3v) is 5.64. The number of carbonyl (C=O) groups is 5. The summed E-state index contributed by atoms with van der Waals surface area (Å²) in [6, 6.07) is 16.2. The molecule has 0 unspecified atom stereocenters. The summed E-state index contributed by atoms with van der Waals surface area (Å²) < 4.78 is 13.9. The van der Waals surface area contributed by atoms with Gasteiger partial charge in [-0.25, -0.2) is 9.59 Å². The highest BCUT2D eigenvalue weighted by atomic mass is 16.5. The van der Waals surface area contributed by atoms with Crippen LogP contribution in [0.15, 0.2) is 96.6 Å². The third-order valence-electron chi connectivity index (χ3n) is 5.64. The Labute approximate surface area is 266 Å². The number of benzene rings is 2. The summed E-state index contributed by atoms with van der Waals surface area (Å²) in [7, 11) is 2.62. The van der Waals surface area contributed by atoms with E-state index in [0.717, 1.165) is 5.57 Å². The first-order chi connectivity index (χ1) is 21.5. The average Bonchev–Trinajstić information content (AvgIpc) is 3.05. The summed E-state index contributed by atoms with van der Waals surface area (Å²) in [5, 5.41) is 5.34. The van der Waals surface area contributed by atoms with Crippen molar-refractivity contribution in [2.45, 2.75) is 59.5 Å². The zero-order valence-corrected chi connectivity index (χ0v) is 27.2. The predicted molar refractivity (Wildman–Crippen MR) is 174 cm³/mol. The van der Waals surface area contributed by atoms with Crippen molar-refractivity contribution in [3.63, 3.8) is 0 Å². The van der Waals surface area contributed by atoms with Crippen LogP contribution in [0.25, 0.3) is 0 Å². The molecule has 0 aliphatic rings. The van der Waals surface area contributed by atoms with Crippen molar-refractivity contribution < 1.29 is 38.2 Å². The molecule has 0 saturated heterocycles. The number of ether oxygens (including phenoxy) is 3. The molecule has 2 aromatic rings. The van der Waals surface area contributed by atoms with Crippen molar-refractivity contribution in [3.8, 4) is 0 Å². The lowest BCUT2D eigenvalue weighted by Crippen LogP contribution is -2.41. The largest absolute Gasteiger partial charge is 0.467 e. The minimum atomic E-state index is -0.660. The number of nitrogens with one attached hydrogen (secondary N) is 2. The number of methoxy groups -OCH3 is 2. The highest BCUT2D eigenvalue weighted by Gasteiger charge is 2.21. The maximum atomic E-state index is 12.0. The van der Waals surface area contributed by atoms with Crippen molar-refractivity contribution in [3.05, 3.63) is 108 Å². The predicted octanol–water partition coefficient (Wildman–Crippen LogP) is 5.36. The molecule has 2 aromatic carbocycles. The Bertz CT molecular complexity index is 1270. The molecular weight excluding hydrogens is 576 g/mol. The van der Waals surface area contributed by atoms with E-state index in [2.05, 4.69) is 20.1 Å². The Morgan fingerprint density at radius 3 is 1.44 bits per heavy atom. The van der Waals surface area contributed by atoms with E-state index in [-0.39, 0.29) is 17.8 Å². The molecule has 2 rings (SSSR count). The second-order valence-corrected chi connectivity index (χ2v) is 9.52. The SMILES string of the molecule is C/C=C\COC(C)=O.CC=CC[C@H](NC(=O)c1ccccc1)C(=O)OC.COC(=O)[C@H](CC=C(C)C)NC(=O)c1ccccc1. The molecule has 0 bridgehead atoms. The van der Waals surface area contributed by atoms with Crippen LogP contribution in [0.2, 0.25) is 0 Å². The van der Waals surface area contributed by atoms with E-state index in [4.69, 9.17) is 4.74 Å². The van der Waals surface area contributed by atoms with E-state index < -0.39 is 24.0 Å². The average molecular weight is 623 g/mol. The molecule has 0 aliphatic heterocycles. The van der Waals surface area contributed by atoms with Gasteiger partial charge in [0.05, 0.1) is 14.2 Å². The summed E-state index contributed by atoms with van der Waals surface area (Å²) in [5.41, 5.74) is 2.13. The van der Waals surface area contributed by atoms with Crippen molar-refractivity contribution in [2.24, 2.45) is 0 Å². The first-order valence-electron chi connectivity index (χ1n) is 14.4. The molecule has 0 radical (unpaired) electrons. The molecule has 2 N–H and O–H groups in total. The van der Waals surface area contributed by atoms with E-state index in [1.807, 2.05) is 64.1 Å². The van der Waals surface area contributed by atoms with Crippen molar-refractivity contribution >= 4 is 29.7 Å². The standard InChI is InChI=1S/C15H19NO3.C14H17NO3.C6H10O2/c1-11(2)9-10-13(15(18)19-3)16-14(17)12-7-5-4-6-8-12;1-3-4-10-12(14(17)18-2)15-13(16)11-8-6-5-7-9-11;1-3-4-5-8-6(2)7/h4-9,13H,10H2,1-3H3,(H,16,17);3-9,12H,10H2,1-2H3,(H,15,16);3-4H,5H2,1-2H3/b;;4-3-/t13-;12-;/m00./s1. The Morgan fingerprint density at radius 2 is 1.09 bits per heavy atom. The molecule has 10 heteroatoms. The van der Waals surface area contributed by atoms with Gasteiger partial charge in [0.1, 0.15) is 18.7 Å². The van der Waals surface area contributed by atoms with Gasteiger partial charge in [0, 0.05) is 18.1 Å². The van der Waals surface area contributed by atoms with Gasteiger partial charge in [-0.15, -0.1) is 0 Å². The molecule has 0 aromatic heterocycles. The number of hydrogen-bond acceptors (Lipinski definition) is 8. The van der Waals surface area contributed by atoms with E-state index in [1.54, 1.807) is 54.6 Å². The Balaban J connectivity index is 0.000000698. The number of carbonyl (C=O) groups excluding carboxylic acids is 5. The quantitative estimate of drug-likeness (QED) is 0.183. The smallest absolute Gasteiger partial charge is 0.328 e. The summed E-state index contributed by atoms with van der Waals surface area (Å²) in [5.74, 6) is -1.68. The zero-order valence-electron chi connectivity index (χ0n) is 27.2. The molecule has 0 heterocycles. The zero-order chi connectivity index (χ0) is 34.0. The fourth-order valence-corrected chi connectivity index (χ4v) is 3.26. The summed E-state index contributed by atoms with van der Waals surface area (Å²) in [6.07, 6.45) is 9.99. The molecule has 244 valence electrons. The number of esters is 3. The van der Waals surface area contributed by atoms with Crippen LogP contribution in [-0.2, 0) is 28.6 Å². The second-order valence-electron chi connectivity index (χ2n) is 9.52. The molecule has 0 fully saturated rings. The fraction of sp³-hybridized carbons (Fsp3) is 0.343. The van der Waals surface area contributed by atoms with Crippen molar-refractivity contribution in [1.82, 2.24) is 10.6 Å². The number of amides is 2. The molecule has 0 aliphatic carbocycles. The normalized spacial score (nSPS) is 11.4. The maximum absolute atomic E-state index is 12.0. The van der Waals surface area contributed by atoms with E-state index in [0.29, 0.717) is 30.6 Å². The van der Waals surface area contributed by atoms with Crippen LogP contribution in [0.3, 0.4) is 0 Å². The minimum Gasteiger partial charge on any atom is -0.467 e. The maximum Gasteiger partial charge on any atom is 0.328 e.